The molecule has 0 aromatic heterocycles. The molecule has 1 N–H and O–H groups in total. The van der Waals surface area contributed by atoms with Crippen molar-refractivity contribution >= 4 is 21.9 Å². The maximum Gasteiger partial charge on any atom is 0.337 e. The molecule has 1 aliphatic heterocycles. The minimum absolute atomic E-state index is 0.0195. The van der Waals surface area contributed by atoms with Crippen LogP contribution in [0, 0.1) is 0 Å². The van der Waals surface area contributed by atoms with Crippen LogP contribution in [0.3, 0.4) is 0 Å². The van der Waals surface area contributed by atoms with Gasteiger partial charge in [-0.2, -0.15) is 0 Å². The van der Waals surface area contributed by atoms with Crippen molar-refractivity contribution in [2.24, 2.45) is 0 Å². The van der Waals surface area contributed by atoms with Crippen molar-refractivity contribution in [3.05, 3.63) is 29.8 Å². The Bertz CT molecular complexity index is 679. The molecule has 23 heavy (non-hydrogen) atoms. The first-order valence-electron chi connectivity index (χ1n) is 7.28. The Labute approximate surface area is 135 Å². The molecule has 1 atom stereocenters. The van der Waals surface area contributed by atoms with Crippen LogP contribution in [0.1, 0.15) is 36.0 Å². The molecule has 1 amide bonds. The normalized spacial score (nSPS) is 17.7. The first kappa shape index (κ1) is 17.4. The smallest absolute Gasteiger partial charge is 0.337 e. The lowest BCUT2D eigenvalue weighted by Gasteiger charge is -2.10. The van der Waals surface area contributed by atoms with Crippen molar-refractivity contribution in [2.45, 2.75) is 36.7 Å². The Morgan fingerprint density at radius 3 is 2.83 bits per heavy atom. The molecular weight excluding hydrogens is 322 g/mol. The van der Waals surface area contributed by atoms with Gasteiger partial charge in [-0.05, 0) is 37.5 Å². The molecule has 0 aliphatic carbocycles. The van der Waals surface area contributed by atoms with E-state index in [0.717, 1.165) is 12.8 Å². The average molecular weight is 341 g/mol. The summed E-state index contributed by atoms with van der Waals surface area (Å²) in [7, 11) is -2.81. The summed E-state index contributed by atoms with van der Waals surface area (Å²) in [6.07, 6.45) is 2.43. The van der Waals surface area contributed by atoms with Gasteiger partial charge in [0.1, 0.15) is 0 Å². The Morgan fingerprint density at radius 2 is 2.17 bits per heavy atom. The molecule has 1 aromatic carbocycles. The van der Waals surface area contributed by atoms with Crippen LogP contribution in [-0.2, 0) is 24.3 Å². The number of sulfonamides is 1. The van der Waals surface area contributed by atoms with Gasteiger partial charge in [0.25, 0.3) is 10.0 Å². The van der Waals surface area contributed by atoms with Crippen LogP contribution >= 0.6 is 0 Å². The quantitative estimate of drug-likeness (QED) is 0.782. The van der Waals surface area contributed by atoms with E-state index in [4.69, 9.17) is 4.74 Å². The third-order valence-electron chi connectivity index (χ3n) is 3.53. The van der Waals surface area contributed by atoms with Crippen LogP contribution in [0.25, 0.3) is 0 Å². The van der Waals surface area contributed by atoms with Gasteiger partial charge in [0.2, 0.25) is 5.91 Å². The topological polar surface area (TPSA) is 98.8 Å². The fourth-order valence-corrected chi connectivity index (χ4v) is 3.39. The number of methoxy groups -OCH3 is 1. The van der Waals surface area contributed by atoms with Crippen molar-refractivity contribution < 1.29 is 27.5 Å². The van der Waals surface area contributed by atoms with Crippen molar-refractivity contribution in [2.75, 3.05) is 13.7 Å². The highest BCUT2D eigenvalue weighted by Gasteiger charge is 2.21. The summed E-state index contributed by atoms with van der Waals surface area (Å²) < 4.78 is 36.3. The molecular formula is C15H19NO6S. The van der Waals surface area contributed by atoms with E-state index in [1.165, 1.54) is 31.4 Å². The van der Waals surface area contributed by atoms with E-state index in [1.807, 2.05) is 4.72 Å². The van der Waals surface area contributed by atoms with Crippen molar-refractivity contribution in [3.63, 3.8) is 0 Å². The molecule has 1 saturated heterocycles. The number of rotatable bonds is 6. The van der Waals surface area contributed by atoms with Crippen molar-refractivity contribution in [3.8, 4) is 0 Å². The number of hydrogen-bond acceptors (Lipinski definition) is 6. The SMILES string of the molecule is COC(=O)c1cccc(S(=O)(=O)NC(=O)CCC2CCCO2)c1. The van der Waals surface area contributed by atoms with Gasteiger partial charge in [-0.15, -0.1) is 0 Å². The van der Waals surface area contributed by atoms with Crippen molar-refractivity contribution in [1.82, 2.24) is 4.72 Å². The minimum Gasteiger partial charge on any atom is -0.465 e. The lowest BCUT2D eigenvalue weighted by atomic mass is 10.1. The summed E-state index contributed by atoms with van der Waals surface area (Å²) in [6, 6.07) is 5.32. The number of amides is 1. The molecule has 1 unspecified atom stereocenters. The van der Waals surface area contributed by atoms with Gasteiger partial charge in [-0.1, -0.05) is 6.07 Å². The van der Waals surface area contributed by atoms with E-state index < -0.39 is 21.9 Å². The first-order chi connectivity index (χ1) is 10.9. The summed E-state index contributed by atoms with van der Waals surface area (Å²) in [6.45, 7) is 0.685. The molecule has 8 heteroatoms. The molecule has 126 valence electrons. The lowest BCUT2D eigenvalue weighted by molar-refractivity contribution is -0.119. The van der Waals surface area contributed by atoms with Gasteiger partial charge in [-0.3, -0.25) is 4.79 Å². The molecule has 0 spiro atoms. The number of nitrogens with one attached hydrogen (secondary N) is 1. The number of esters is 1. The predicted molar refractivity (Wildman–Crippen MR) is 81.3 cm³/mol. The zero-order valence-corrected chi connectivity index (χ0v) is 13.6. The zero-order valence-electron chi connectivity index (χ0n) is 12.8. The number of carbonyl (C=O) groups is 2. The molecule has 2 rings (SSSR count). The fraction of sp³-hybridized carbons (Fsp3) is 0.467. The Balaban J connectivity index is 2.00. The predicted octanol–water partition coefficient (Wildman–Crippen LogP) is 1.24. The summed E-state index contributed by atoms with van der Waals surface area (Å²) in [4.78, 5) is 23.1. The van der Waals surface area contributed by atoms with Gasteiger partial charge in [-0.25, -0.2) is 17.9 Å². The van der Waals surface area contributed by atoms with E-state index in [0.29, 0.717) is 13.0 Å². The number of carbonyl (C=O) groups excluding carboxylic acids is 2. The van der Waals surface area contributed by atoms with Crippen molar-refractivity contribution in [1.29, 1.82) is 0 Å². The van der Waals surface area contributed by atoms with E-state index in [1.54, 1.807) is 0 Å². The maximum absolute atomic E-state index is 12.2. The summed E-state index contributed by atoms with van der Waals surface area (Å²) in [5.41, 5.74) is 0.0992. The molecule has 1 heterocycles. The summed E-state index contributed by atoms with van der Waals surface area (Å²) in [5, 5.41) is 0. The fourth-order valence-electron chi connectivity index (χ4n) is 2.33. The largest absolute Gasteiger partial charge is 0.465 e. The number of ether oxygens (including phenoxy) is 2. The second-order valence-corrected chi connectivity index (χ2v) is 6.90. The summed E-state index contributed by atoms with van der Waals surface area (Å²) in [5.74, 6) is -1.24. The number of hydrogen-bond donors (Lipinski definition) is 1. The molecule has 0 saturated carbocycles. The monoisotopic (exact) mass is 341 g/mol. The van der Waals surface area contributed by atoms with Crippen LogP contribution in [0.5, 0.6) is 0 Å². The third kappa shape index (κ3) is 4.77. The molecule has 1 fully saturated rings. The van der Waals surface area contributed by atoms with Gasteiger partial charge in [0.05, 0.1) is 23.7 Å². The van der Waals surface area contributed by atoms with Crippen LogP contribution in [0.2, 0.25) is 0 Å². The highest BCUT2D eigenvalue weighted by atomic mass is 32.2. The van der Waals surface area contributed by atoms with Gasteiger partial charge in [0, 0.05) is 13.0 Å². The van der Waals surface area contributed by atoms with Crippen LogP contribution in [-0.4, -0.2) is 40.1 Å². The van der Waals surface area contributed by atoms with E-state index in [9.17, 15) is 18.0 Å². The van der Waals surface area contributed by atoms with E-state index in [2.05, 4.69) is 4.74 Å². The second-order valence-electron chi connectivity index (χ2n) is 5.22. The zero-order chi connectivity index (χ0) is 16.9. The number of benzene rings is 1. The Morgan fingerprint density at radius 1 is 1.39 bits per heavy atom. The van der Waals surface area contributed by atoms with Crippen LogP contribution in [0.4, 0.5) is 0 Å². The first-order valence-corrected chi connectivity index (χ1v) is 8.76. The molecule has 1 aromatic rings. The summed E-state index contributed by atoms with van der Waals surface area (Å²) >= 11 is 0. The molecule has 0 bridgehead atoms. The van der Waals surface area contributed by atoms with E-state index >= 15 is 0 Å². The Kier molecular flexibility index (Phi) is 5.73. The highest BCUT2D eigenvalue weighted by Crippen LogP contribution is 2.17. The molecule has 1 aliphatic rings. The second kappa shape index (κ2) is 7.56. The third-order valence-corrected chi connectivity index (χ3v) is 4.90. The van der Waals surface area contributed by atoms with Crippen LogP contribution < -0.4 is 4.72 Å². The van der Waals surface area contributed by atoms with Crippen LogP contribution in [0.15, 0.2) is 29.2 Å². The molecule has 0 radical (unpaired) electrons. The molecule has 7 nitrogen and oxygen atoms in total. The maximum atomic E-state index is 12.2. The van der Waals surface area contributed by atoms with E-state index in [-0.39, 0.29) is 23.0 Å². The average Bonchev–Trinajstić information content (AvgIpc) is 3.05. The Hall–Kier alpha value is -1.93. The highest BCUT2D eigenvalue weighted by molar-refractivity contribution is 7.90. The lowest BCUT2D eigenvalue weighted by Crippen LogP contribution is -2.31. The standard InChI is InChI=1S/C15H19NO6S/c1-21-15(18)11-4-2-6-13(10-11)23(19,20)16-14(17)8-7-12-5-3-9-22-12/h2,4,6,10,12H,3,5,7-9H2,1H3,(H,16,17). The van der Waals surface area contributed by atoms with Gasteiger partial charge in [0.15, 0.2) is 0 Å². The van der Waals surface area contributed by atoms with Gasteiger partial charge < -0.3 is 9.47 Å². The minimum atomic E-state index is -4.02. The van der Waals surface area contributed by atoms with Gasteiger partial charge >= 0.3 is 5.97 Å².